The van der Waals surface area contributed by atoms with Crippen molar-refractivity contribution < 1.29 is 14.3 Å². The molecule has 0 aromatic heterocycles. The first-order chi connectivity index (χ1) is 12.4. The first-order valence-corrected chi connectivity index (χ1v) is 9.15. The highest BCUT2D eigenvalue weighted by Gasteiger charge is 2.19. The number of benzene rings is 2. The average Bonchev–Trinajstić information content (AvgIpc) is 2.61. The van der Waals surface area contributed by atoms with E-state index in [1.807, 2.05) is 55.5 Å². The monoisotopic (exact) mass is 418 g/mol. The second-order valence-electron chi connectivity index (χ2n) is 6.05. The highest BCUT2D eigenvalue weighted by molar-refractivity contribution is 9.10. The van der Waals surface area contributed by atoms with Crippen LogP contribution in [0.1, 0.15) is 43.5 Å². The molecule has 2 amide bonds. The lowest BCUT2D eigenvalue weighted by atomic mass is 10.0. The smallest absolute Gasteiger partial charge is 0.222 e. The Morgan fingerprint density at radius 3 is 2.35 bits per heavy atom. The first-order valence-electron chi connectivity index (χ1n) is 8.35. The number of methoxy groups -OCH3 is 1. The number of amides is 2. The molecular formula is C20H23BrN2O3. The average molecular weight is 419 g/mol. The number of hydrogen-bond acceptors (Lipinski definition) is 3. The van der Waals surface area contributed by atoms with Crippen LogP contribution in [0, 0.1) is 0 Å². The summed E-state index contributed by atoms with van der Waals surface area (Å²) in [5.74, 6) is 0.438. The van der Waals surface area contributed by atoms with Gasteiger partial charge in [-0.15, -0.1) is 0 Å². The van der Waals surface area contributed by atoms with Crippen LogP contribution in [0.15, 0.2) is 53.0 Å². The summed E-state index contributed by atoms with van der Waals surface area (Å²) in [5.41, 5.74) is 1.86. The van der Waals surface area contributed by atoms with Crippen LogP contribution in [0.3, 0.4) is 0 Å². The molecule has 0 radical (unpaired) electrons. The molecule has 0 aliphatic rings. The molecule has 0 fully saturated rings. The quantitative estimate of drug-likeness (QED) is 0.716. The van der Waals surface area contributed by atoms with Crippen LogP contribution < -0.4 is 15.4 Å². The van der Waals surface area contributed by atoms with Gasteiger partial charge in [0.05, 0.1) is 30.1 Å². The Balaban J connectivity index is 2.05. The number of halogens is 1. The van der Waals surface area contributed by atoms with E-state index in [-0.39, 0.29) is 30.3 Å². The molecule has 0 aliphatic heterocycles. The van der Waals surface area contributed by atoms with E-state index in [9.17, 15) is 9.59 Å². The number of carbonyl (C=O) groups excluding carboxylic acids is 2. The fourth-order valence-corrected chi connectivity index (χ4v) is 3.26. The van der Waals surface area contributed by atoms with Crippen LogP contribution in [-0.2, 0) is 9.59 Å². The maximum atomic E-state index is 12.5. The van der Waals surface area contributed by atoms with Crippen molar-refractivity contribution in [2.24, 2.45) is 0 Å². The molecule has 0 aliphatic carbocycles. The van der Waals surface area contributed by atoms with Gasteiger partial charge in [-0.3, -0.25) is 9.59 Å². The maximum Gasteiger partial charge on any atom is 0.222 e. The molecule has 0 bridgehead atoms. The molecule has 2 rings (SSSR count). The Bertz CT molecular complexity index is 765. The molecule has 5 nitrogen and oxygen atoms in total. The van der Waals surface area contributed by atoms with Gasteiger partial charge in [0.2, 0.25) is 11.8 Å². The van der Waals surface area contributed by atoms with Crippen molar-refractivity contribution in [1.82, 2.24) is 10.6 Å². The maximum absolute atomic E-state index is 12.5. The molecule has 0 unspecified atom stereocenters. The normalized spacial score (nSPS) is 12.8. The summed E-state index contributed by atoms with van der Waals surface area (Å²) in [4.78, 5) is 24.0. The number of carbonyl (C=O) groups is 2. The first kappa shape index (κ1) is 20.0. The second kappa shape index (κ2) is 9.38. The van der Waals surface area contributed by atoms with Crippen molar-refractivity contribution in [3.63, 3.8) is 0 Å². The van der Waals surface area contributed by atoms with Gasteiger partial charge in [-0.2, -0.15) is 0 Å². The number of ether oxygens (including phenoxy) is 1. The third-order valence-corrected chi connectivity index (χ3v) is 4.64. The van der Waals surface area contributed by atoms with E-state index in [4.69, 9.17) is 4.74 Å². The molecule has 0 saturated carbocycles. The molecule has 26 heavy (non-hydrogen) atoms. The van der Waals surface area contributed by atoms with Crippen LogP contribution in [0.4, 0.5) is 0 Å². The van der Waals surface area contributed by atoms with E-state index in [0.717, 1.165) is 21.3 Å². The van der Waals surface area contributed by atoms with Crippen LogP contribution >= 0.6 is 15.9 Å². The lowest BCUT2D eigenvalue weighted by Gasteiger charge is -2.20. The predicted molar refractivity (Wildman–Crippen MR) is 105 cm³/mol. The van der Waals surface area contributed by atoms with Crippen LogP contribution in [-0.4, -0.2) is 18.9 Å². The molecule has 0 spiro atoms. The highest BCUT2D eigenvalue weighted by Crippen LogP contribution is 2.28. The molecule has 2 aromatic carbocycles. The summed E-state index contributed by atoms with van der Waals surface area (Å²) in [7, 11) is 1.61. The molecule has 2 aromatic rings. The Hall–Kier alpha value is -2.34. The number of hydrogen-bond donors (Lipinski definition) is 2. The Morgan fingerprint density at radius 1 is 1.08 bits per heavy atom. The number of nitrogens with one attached hydrogen (secondary N) is 2. The van der Waals surface area contributed by atoms with Gasteiger partial charge < -0.3 is 15.4 Å². The van der Waals surface area contributed by atoms with Gasteiger partial charge in [0, 0.05) is 6.92 Å². The van der Waals surface area contributed by atoms with E-state index >= 15 is 0 Å². The Morgan fingerprint density at radius 2 is 1.77 bits per heavy atom. The summed E-state index contributed by atoms with van der Waals surface area (Å²) in [6.07, 6.45) is 0.172. The van der Waals surface area contributed by atoms with E-state index < -0.39 is 0 Å². The second-order valence-corrected chi connectivity index (χ2v) is 6.91. The van der Waals surface area contributed by atoms with Crippen molar-refractivity contribution >= 4 is 27.7 Å². The zero-order valence-electron chi connectivity index (χ0n) is 15.1. The zero-order valence-corrected chi connectivity index (χ0v) is 16.7. The van der Waals surface area contributed by atoms with E-state index in [0.29, 0.717) is 0 Å². The van der Waals surface area contributed by atoms with Gasteiger partial charge in [0.25, 0.3) is 0 Å². The largest absolute Gasteiger partial charge is 0.496 e. The fraction of sp³-hybridized carbons (Fsp3) is 0.300. The van der Waals surface area contributed by atoms with Crippen molar-refractivity contribution in [1.29, 1.82) is 0 Å². The van der Waals surface area contributed by atoms with Gasteiger partial charge in [-0.05, 0) is 46.1 Å². The van der Waals surface area contributed by atoms with Gasteiger partial charge in [0.15, 0.2) is 0 Å². The zero-order chi connectivity index (χ0) is 19.1. The Kier molecular flexibility index (Phi) is 7.21. The van der Waals surface area contributed by atoms with Gasteiger partial charge in [-0.25, -0.2) is 0 Å². The Labute approximate surface area is 162 Å². The van der Waals surface area contributed by atoms with E-state index in [2.05, 4.69) is 26.6 Å². The SMILES string of the molecule is COc1ccc([C@@H](C)NC(=O)C[C@H](NC(C)=O)c2ccccc2)cc1Br. The number of rotatable bonds is 7. The summed E-state index contributed by atoms with van der Waals surface area (Å²) < 4.78 is 6.06. The van der Waals surface area contributed by atoms with E-state index in [1.165, 1.54) is 6.92 Å². The minimum atomic E-state index is -0.358. The molecule has 0 heterocycles. The topological polar surface area (TPSA) is 67.4 Å². The van der Waals surface area contributed by atoms with Crippen molar-refractivity contribution in [2.75, 3.05) is 7.11 Å². The highest BCUT2D eigenvalue weighted by atomic mass is 79.9. The van der Waals surface area contributed by atoms with Crippen LogP contribution in [0.2, 0.25) is 0 Å². The molecule has 6 heteroatoms. The third kappa shape index (κ3) is 5.59. The van der Waals surface area contributed by atoms with Crippen molar-refractivity contribution in [3.05, 3.63) is 64.1 Å². The van der Waals surface area contributed by atoms with Crippen LogP contribution in [0.5, 0.6) is 5.75 Å². The van der Waals surface area contributed by atoms with Gasteiger partial charge in [-0.1, -0.05) is 36.4 Å². The molecule has 0 saturated heterocycles. The summed E-state index contributed by atoms with van der Waals surface area (Å²) >= 11 is 3.45. The van der Waals surface area contributed by atoms with Crippen LogP contribution in [0.25, 0.3) is 0 Å². The van der Waals surface area contributed by atoms with Gasteiger partial charge >= 0.3 is 0 Å². The standard InChI is InChI=1S/C20H23BrN2O3/c1-13(16-9-10-19(26-3)17(21)11-16)22-20(25)12-18(23-14(2)24)15-7-5-4-6-8-15/h4-11,13,18H,12H2,1-3H3,(H,22,25)(H,23,24)/t13-,18+/m1/s1. The minimum absolute atomic E-state index is 0.132. The minimum Gasteiger partial charge on any atom is -0.496 e. The lowest BCUT2D eigenvalue weighted by Crippen LogP contribution is -2.33. The fourth-order valence-electron chi connectivity index (χ4n) is 2.70. The molecule has 2 atom stereocenters. The molecule has 2 N–H and O–H groups in total. The van der Waals surface area contributed by atoms with Gasteiger partial charge in [0.1, 0.15) is 5.75 Å². The van der Waals surface area contributed by atoms with E-state index in [1.54, 1.807) is 7.11 Å². The van der Waals surface area contributed by atoms with Crippen molar-refractivity contribution in [3.8, 4) is 5.75 Å². The summed E-state index contributed by atoms with van der Waals surface area (Å²) in [6, 6.07) is 14.6. The summed E-state index contributed by atoms with van der Waals surface area (Å²) in [6.45, 7) is 3.37. The van der Waals surface area contributed by atoms with Crippen molar-refractivity contribution in [2.45, 2.75) is 32.4 Å². The molecule has 138 valence electrons. The summed E-state index contributed by atoms with van der Waals surface area (Å²) in [5, 5.41) is 5.82. The molecular weight excluding hydrogens is 396 g/mol. The predicted octanol–water partition coefficient (Wildman–Crippen LogP) is 3.90. The third-order valence-electron chi connectivity index (χ3n) is 4.02. The lowest BCUT2D eigenvalue weighted by molar-refractivity contribution is -0.123.